The summed E-state index contributed by atoms with van der Waals surface area (Å²) >= 11 is 6.02. The molecule has 2 aliphatic rings. The fourth-order valence-electron chi connectivity index (χ4n) is 5.82. The van der Waals surface area contributed by atoms with Crippen molar-refractivity contribution >= 4 is 23.4 Å². The summed E-state index contributed by atoms with van der Waals surface area (Å²) in [6.07, 6.45) is 12.5. The molecule has 2 heterocycles. The zero-order chi connectivity index (χ0) is 23.3. The highest BCUT2D eigenvalue weighted by Crippen LogP contribution is 2.48. The summed E-state index contributed by atoms with van der Waals surface area (Å²) in [6.45, 7) is 4.37. The molecule has 1 N–H and O–H groups in total. The van der Waals surface area contributed by atoms with E-state index in [9.17, 15) is 9.59 Å². The lowest BCUT2D eigenvalue weighted by Gasteiger charge is -2.46. The van der Waals surface area contributed by atoms with Gasteiger partial charge in [0.05, 0.1) is 0 Å². The summed E-state index contributed by atoms with van der Waals surface area (Å²) in [5.74, 6) is 0.682. The molecular formula is C27H36ClN3O2. The second kappa shape index (κ2) is 10.8. The van der Waals surface area contributed by atoms with E-state index >= 15 is 0 Å². The van der Waals surface area contributed by atoms with Gasteiger partial charge >= 0.3 is 0 Å². The van der Waals surface area contributed by atoms with Gasteiger partial charge < -0.3 is 14.8 Å². The van der Waals surface area contributed by atoms with Gasteiger partial charge in [0.2, 0.25) is 11.8 Å². The van der Waals surface area contributed by atoms with E-state index in [0.29, 0.717) is 17.9 Å². The van der Waals surface area contributed by atoms with Crippen molar-refractivity contribution in [3.05, 3.63) is 59.4 Å². The Morgan fingerprint density at radius 1 is 1.09 bits per heavy atom. The Labute approximate surface area is 202 Å². The van der Waals surface area contributed by atoms with Gasteiger partial charge in [0, 0.05) is 49.9 Å². The van der Waals surface area contributed by atoms with Crippen LogP contribution in [-0.4, -0.2) is 40.4 Å². The Hall–Kier alpha value is -2.27. The molecule has 1 aromatic carbocycles. The Morgan fingerprint density at radius 3 is 2.33 bits per heavy atom. The molecule has 0 spiro atoms. The Balaban J connectivity index is 1.46. The second-order valence-electron chi connectivity index (χ2n) is 9.83. The number of nitrogens with zero attached hydrogens (tertiary/aromatic N) is 2. The fraction of sp³-hybridized carbons (Fsp3) is 0.556. The third kappa shape index (κ3) is 5.81. The standard InChI is InChI=1S/C27H36ClN3O2/c1-2-25(32)29-24(19-21-9-11-23(28)12-10-21)26(33)31-17-13-27(14-18-31,22-7-3-4-8-22)20-30-15-5-6-16-30/h5-6,9-12,15-16,22,24H,2-4,7-8,13-14,17-20H2,1H3,(H,29,32). The number of carbonyl (C=O) groups excluding carboxylic acids is 2. The number of nitrogens with one attached hydrogen (secondary N) is 1. The van der Waals surface area contributed by atoms with Gasteiger partial charge in [-0.1, -0.05) is 43.5 Å². The largest absolute Gasteiger partial charge is 0.354 e. The van der Waals surface area contributed by atoms with Gasteiger partial charge in [-0.3, -0.25) is 9.59 Å². The fourth-order valence-corrected chi connectivity index (χ4v) is 5.94. The highest BCUT2D eigenvalue weighted by atomic mass is 35.5. The quantitative estimate of drug-likeness (QED) is 0.586. The molecule has 1 aromatic heterocycles. The van der Waals surface area contributed by atoms with Crippen molar-refractivity contribution < 1.29 is 9.59 Å². The maximum Gasteiger partial charge on any atom is 0.245 e. The van der Waals surface area contributed by atoms with Gasteiger partial charge in [-0.15, -0.1) is 0 Å². The van der Waals surface area contributed by atoms with E-state index in [0.717, 1.165) is 44.0 Å². The van der Waals surface area contributed by atoms with Crippen LogP contribution in [0.3, 0.4) is 0 Å². The van der Waals surface area contributed by atoms with Crippen molar-refractivity contribution in [2.24, 2.45) is 11.3 Å². The van der Waals surface area contributed by atoms with Gasteiger partial charge in [-0.25, -0.2) is 0 Å². The van der Waals surface area contributed by atoms with Crippen molar-refractivity contribution in [1.29, 1.82) is 0 Å². The number of hydrogen-bond acceptors (Lipinski definition) is 2. The molecule has 4 rings (SSSR count). The average Bonchev–Trinajstić information content (AvgIpc) is 3.55. The van der Waals surface area contributed by atoms with E-state index in [4.69, 9.17) is 11.6 Å². The molecule has 1 saturated heterocycles. The monoisotopic (exact) mass is 469 g/mol. The number of amides is 2. The van der Waals surface area contributed by atoms with Gasteiger partial charge in [0.15, 0.2) is 0 Å². The number of benzene rings is 1. The Morgan fingerprint density at radius 2 is 1.73 bits per heavy atom. The van der Waals surface area contributed by atoms with Crippen molar-refractivity contribution in [1.82, 2.24) is 14.8 Å². The van der Waals surface area contributed by atoms with Crippen LogP contribution in [0.15, 0.2) is 48.8 Å². The summed E-state index contributed by atoms with van der Waals surface area (Å²) in [5, 5.41) is 3.64. The maximum absolute atomic E-state index is 13.6. The average molecular weight is 470 g/mol. The first-order valence-corrected chi connectivity index (χ1v) is 12.8. The topological polar surface area (TPSA) is 54.3 Å². The third-order valence-corrected chi connectivity index (χ3v) is 8.02. The van der Waals surface area contributed by atoms with Crippen LogP contribution in [0.2, 0.25) is 5.02 Å². The molecule has 0 bridgehead atoms. The molecule has 178 valence electrons. The molecule has 2 fully saturated rings. The number of piperidine rings is 1. The molecule has 0 radical (unpaired) electrons. The second-order valence-corrected chi connectivity index (χ2v) is 10.3. The normalized spacial score (nSPS) is 19.4. The molecule has 5 nitrogen and oxygen atoms in total. The first-order valence-electron chi connectivity index (χ1n) is 12.4. The Bertz CT molecular complexity index is 911. The van der Waals surface area contributed by atoms with Crippen LogP contribution in [0.25, 0.3) is 0 Å². The van der Waals surface area contributed by atoms with E-state index < -0.39 is 6.04 Å². The third-order valence-electron chi connectivity index (χ3n) is 7.76. The number of likely N-dealkylation sites (tertiary alicyclic amines) is 1. The molecule has 1 unspecified atom stereocenters. The number of halogens is 1. The van der Waals surface area contributed by atoms with Crippen LogP contribution < -0.4 is 5.32 Å². The SMILES string of the molecule is CCC(=O)NC(Cc1ccc(Cl)cc1)C(=O)N1CCC(Cn2cccc2)(C2CCCC2)CC1. The lowest BCUT2D eigenvalue weighted by atomic mass is 9.67. The predicted molar refractivity (Wildman–Crippen MR) is 132 cm³/mol. The summed E-state index contributed by atoms with van der Waals surface area (Å²) in [7, 11) is 0. The molecule has 2 amide bonds. The van der Waals surface area contributed by atoms with Crippen molar-refractivity contribution in [2.45, 2.75) is 70.9 Å². The highest BCUT2D eigenvalue weighted by molar-refractivity contribution is 6.30. The molecule has 1 aliphatic carbocycles. The minimum atomic E-state index is -0.540. The van der Waals surface area contributed by atoms with E-state index in [1.807, 2.05) is 36.1 Å². The van der Waals surface area contributed by atoms with Gasteiger partial charge in [-0.2, -0.15) is 0 Å². The maximum atomic E-state index is 13.6. The predicted octanol–water partition coefficient (Wildman–Crippen LogP) is 5.08. The van der Waals surface area contributed by atoms with Crippen molar-refractivity contribution in [2.75, 3.05) is 13.1 Å². The van der Waals surface area contributed by atoms with Crippen LogP contribution in [0, 0.1) is 11.3 Å². The molecule has 1 atom stereocenters. The minimum Gasteiger partial charge on any atom is -0.354 e. The zero-order valence-electron chi connectivity index (χ0n) is 19.6. The van der Waals surface area contributed by atoms with Crippen LogP contribution in [0.5, 0.6) is 0 Å². The summed E-state index contributed by atoms with van der Waals surface area (Å²) < 4.78 is 2.32. The van der Waals surface area contributed by atoms with Crippen molar-refractivity contribution in [3.8, 4) is 0 Å². The van der Waals surface area contributed by atoms with Crippen LogP contribution in [-0.2, 0) is 22.6 Å². The first kappa shape index (κ1) is 23.9. The van der Waals surface area contributed by atoms with Crippen LogP contribution >= 0.6 is 11.6 Å². The van der Waals surface area contributed by atoms with E-state index in [2.05, 4.69) is 34.4 Å². The summed E-state index contributed by atoms with van der Waals surface area (Å²) in [6, 6.07) is 11.2. The molecule has 2 aromatic rings. The molecule has 1 saturated carbocycles. The highest BCUT2D eigenvalue weighted by Gasteiger charge is 2.44. The smallest absolute Gasteiger partial charge is 0.245 e. The van der Waals surface area contributed by atoms with E-state index in [1.165, 1.54) is 25.7 Å². The number of aromatic nitrogens is 1. The molecule has 33 heavy (non-hydrogen) atoms. The summed E-state index contributed by atoms with van der Waals surface area (Å²) in [4.78, 5) is 27.7. The van der Waals surface area contributed by atoms with Crippen LogP contribution in [0.1, 0.15) is 57.4 Å². The number of carbonyl (C=O) groups is 2. The lowest BCUT2D eigenvalue weighted by Crippen LogP contribution is -2.54. The first-order chi connectivity index (χ1) is 16.0. The van der Waals surface area contributed by atoms with Crippen LogP contribution in [0.4, 0.5) is 0 Å². The number of hydrogen-bond donors (Lipinski definition) is 1. The zero-order valence-corrected chi connectivity index (χ0v) is 20.4. The summed E-state index contributed by atoms with van der Waals surface area (Å²) in [5.41, 5.74) is 1.25. The minimum absolute atomic E-state index is 0.0349. The molecular weight excluding hydrogens is 434 g/mol. The Kier molecular flexibility index (Phi) is 7.79. The van der Waals surface area contributed by atoms with E-state index in [1.54, 1.807) is 0 Å². The van der Waals surface area contributed by atoms with Gasteiger partial charge in [0.1, 0.15) is 6.04 Å². The lowest BCUT2D eigenvalue weighted by molar-refractivity contribution is -0.139. The molecule has 1 aliphatic heterocycles. The van der Waals surface area contributed by atoms with Gasteiger partial charge in [-0.05, 0) is 66.8 Å². The van der Waals surface area contributed by atoms with Crippen molar-refractivity contribution in [3.63, 3.8) is 0 Å². The van der Waals surface area contributed by atoms with E-state index in [-0.39, 0.29) is 17.2 Å². The number of rotatable bonds is 8. The molecule has 6 heteroatoms. The van der Waals surface area contributed by atoms with Gasteiger partial charge in [0.25, 0.3) is 0 Å².